The molecule has 24 heavy (non-hydrogen) atoms. The summed E-state index contributed by atoms with van der Waals surface area (Å²) in [5, 5.41) is 13.2. The van der Waals surface area contributed by atoms with Gasteiger partial charge in [-0.2, -0.15) is 8.42 Å². The van der Waals surface area contributed by atoms with Crippen molar-refractivity contribution in [1.29, 1.82) is 0 Å². The van der Waals surface area contributed by atoms with Gasteiger partial charge in [0, 0.05) is 11.8 Å². The summed E-state index contributed by atoms with van der Waals surface area (Å²) in [6, 6.07) is 12.4. The van der Waals surface area contributed by atoms with E-state index < -0.39 is 10.2 Å². The highest BCUT2D eigenvalue weighted by molar-refractivity contribution is 7.90. The zero-order chi connectivity index (χ0) is 16.4. The summed E-state index contributed by atoms with van der Waals surface area (Å²) in [6.45, 7) is 0.512. The topological polar surface area (TPSA) is 112 Å². The van der Waals surface area contributed by atoms with E-state index >= 15 is 0 Å². The Hall–Kier alpha value is -2.36. The van der Waals surface area contributed by atoms with Gasteiger partial charge in [0.15, 0.2) is 0 Å². The maximum atomic E-state index is 11.0. The SMILES string of the molecule is COc1ccc2c(c1)nnn2Cc1ccc(NS(N)(=O)=O)cc1.Cl. The minimum absolute atomic E-state index is 0. The maximum absolute atomic E-state index is 11.0. The van der Waals surface area contributed by atoms with Crippen molar-refractivity contribution >= 4 is 39.3 Å². The van der Waals surface area contributed by atoms with Crippen LogP contribution in [0.3, 0.4) is 0 Å². The molecule has 0 saturated carbocycles. The normalized spacial score (nSPS) is 11.1. The van der Waals surface area contributed by atoms with Gasteiger partial charge < -0.3 is 4.74 Å². The second kappa shape index (κ2) is 7.04. The van der Waals surface area contributed by atoms with Crippen LogP contribution in [-0.4, -0.2) is 30.5 Å². The van der Waals surface area contributed by atoms with Crippen LogP contribution in [0.1, 0.15) is 5.56 Å². The summed E-state index contributed by atoms with van der Waals surface area (Å²) in [5.74, 6) is 0.725. The molecule has 0 atom stereocenters. The molecule has 0 aliphatic rings. The van der Waals surface area contributed by atoms with Crippen LogP contribution < -0.4 is 14.6 Å². The number of nitrogens with one attached hydrogen (secondary N) is 1. The van der Waals surface area contributed by atoms with Gasteiger partial charge >= 0.3 is 0 Å². The van der Waals surface area contributed by atoms with E-state index in [4.69, 9.17) is 9.88 Å². The van der Waals surface area contributed by atoms with Crippen molar-refractivity contribution in [1.82, 2.24) is 15.0 Å². The zero-order valence-electron chi connectivity index (χ0n) is 12.7. The van der Waals surface area contributed by atoms with Gasteiger partial charge in [0.05, 0.1) is 19.2 Å². The smallest absolute Gasteiger partial charge is 0.296 e. The van der Waals surface area contributed by atoms with Crippen molar-refractivity contribution in [3.8, 4) is 5.75 Å². The highest BCUT2D eigenvalue weighted by Crippen LogP contribution is 2.19. The molecule has 3 N–H and O–H groups in total. The number of hydrogen-bond donors (Lipinski definition) is 2. The van der Waals surface area contributed by atoms with Gasteiger partial charge in [-0.25, -0.2) is 9.82 Å². The Kier molecular flexibility index (Phi) is 5.27. The zero-order valence-corrected chi connectivity index (χ0v) is 14.3. The molecule has 0 aliphatic carbocycles. The minimum atomic E-state index is -3.76. The molecule has 1 heterocycles. The first kappa shape index (κ1) is 18.0. The van der Waals surface area contributed by atoms with E-state index in [9.17, 15) is 8.42 Å². The Balaban J connectivity index is 0.00000208. The molecule has 3 rings (SSSR count). The Labute approximate surface area is 145 Å². The fraction of sp³-hybridized carbons (Fsp3) is 0.143. The Morgan fingerprint density at radius 1 is 1.21 bits per heavy atom. The van der Waals surface area contributed by atoms with Crippen LogP contribution in [0.5, 0.6) is 5.75 Å². The van der Waals surface area contributed by atoms with E-state index in [1.165, 1.54) is 0 Å². The van der Waals surface area contributed by atoms with Crippen LogP contribution in [0.2, 0.25) is 0 Å². The largest absolute Gasteiger partial charge is 0.497 e. The number of aromatic nitrogens is 3. The van der Waals surface area contributed by atoms with Gasteiger partial charge in [0.1, 0.15) is 11.3 Å². The van der Waals surface area contributed by atoms with E-state index in [0.29, 0.717) is 12.2 Å². The predicted molar refractivity (Wildman–Crippen MR) is 93.6 cm³/mol. The van der Waals surface area contributed by atoms with Gasteiger partial charge in [-0.15, -0.1) is 17.5 Å². The van der Waals surface area contributed by atoms with Crippen LogP contribution in [0.4, 0.5) is 5.69 Å². The third-order valence-electron chi connectivity index (χ3n) is 3.27. The van der Waals surface area contributed by atoms with E-state index in [-0.39, 0.29) is 12.4 Å². The molecule has 0 saturated heterocycles. The van der Waals surface area contributed by atoms with Gasteiger partial charge in [-0.05, 0) is 29.8 Å². The molecule has 0 radical (unpaired) electrons. The van der Waals surface area contributed by atoms with Crippen LogP contribution in [-0.2, 0) is 16.8 Å². The average molecular weight is 370 g/mol. The van der Waals surface area contributed by atoms with Crippen molar-refractivity contribution in [3.63, 3.8) is 0 Å². The molecule has 2 aromatic carbocycles. The minimum Gasteiger partial charge on any atom is -0.497 e. The van der Waals surface area contributed by atoms with Crippen LogP contribution in [0.15, 0.2) is 42.5 Å². The lowest BCUT2D eigenvalue weighted by molar-refractivity contribution is 0.415. The number of methoxy groups -OCH3 is 1. The molecule has 10 heteroatoms. The number of anilines is 1. The Bertz CT molecular complexity index is 941. The van der Waals surface area contributed by atoms with Crippen LogP contribution in [0.25, 0.3) is 11.0 Å². The average Bonchev–Trinajstić information content (AvgIpc) is 2.90. The van der Waals surface area contributed by atoms with Gasteiger partial charge in [-0.1, -0.05) is 17.3 Å². The number of benzene rings is 2. The highest BCUT2D eigenvalue weighted by Gasteiger charge is 2.07. The van der Waals surface area contributed by atoms with Crippen LogP contribution >= 0.6 is 12.4 Å². The van der Waals surface area contributed by atoms with Crippen molar-refractivity contribution in [2.24, 2.45) is 5.14 Å². The second-order valence-corrected chi connectivity index (χ2v) is 6.24. The first-order valence-corrected chi connectivity index (χ1v) is 8.26. The number of nitrogens with zero attached hydrogens (tertiary/aromatic N) is 3. The number of rotatable bonds is 5. The van der Waals surface area contributed by atoms with E-state index in [1.54, 1.807) is 36.1 Å². The lowest BCUT2D eigenvalue weighted by Crippen LogP contribution is -2.21. The molecule has 3 aromatic rings. The molecule has 0 aliphatic heterocycles. The third kappa shape index (κ3) is 4.13. The number of hydrogen-bond acceptors (Lipinski definition) is 5. The monoisotopic (exact) mass is 369 g/mol. The number of nitrogens with two attached hydrogens (primary N) is 1. The highest BCUT2D eigenvalue weighted by atomic mass is 35.5. The predicted octanol–water partition coefficient (Wildman–Crippen LogP) is 1.53. The third-order valence-corrected chi connectivity index (χ3v) is 3.79. The first-order valence-electron chi connectivity index (χ1n) is 6.71. The van der Waals surface area contributed by atoms with E-state index in [0.717, 1.165) is 22.3 Å². The van der Waals surface area contributed by atoms with Gasteiger partial charge in [0.25, 0.3) is 10.2 Å². The first-order chi connectivity index (χ1) is 10.9. The molecule has 0 unspecified atom stereocenters. The van der Waals surface area contributed by atoms with Crippen molar-refractivity contribution in [3.05, 3.63) is 48.0 Å². The summed E-state index contributed by atoms with van der Waals surface area (Å²) < 4.78 is 31.1. The maximum Gasteiger partial charge on any atom is 0.296 e. The van der Waals surface area contributed by atoms with E-state index in [2.05, 4.69) is 15.0 Å². The molecule has 0 amide bonds. The summed E-state index contributed by atoms with van der Waals surface area (Å²) in [4.78, 5) is 0. The summed E-state index contributed by atoms with van der Waals surface area (Å²) in [7, 11) is -2.16. The molecule has 8 nitrogen and oxygen atoms in total. The molecule has 0 fully saturated rings. The molecule has 1 aromatic heterocycles. The van der Waals surface area contributed by atoms with Crippen LogP contribution in [0, 0.1) is 0 Å². The standard InChI is InChI=1S/C14H15N5O3S.ClH/c1-22-12-6-7-14-13(8-12)16-18-19(14)9-10-2-4-11(5-3-10)17-23(15,20)21;/h2-8,17H,9H2,1H3,(H2,15,20,21);1H. The second-order valence-electron chi connectivity index (χ2n) is 4.95. The summed E-state index contributed by atoms with van der Waals surface area (Å²) in [5.41, 5.74) is 2.99. The van der Waals surface area contributed by atoms with Gasteiger partial charge in [0.2, 0.25) is 0 Å². The molecule has 0 spiro atoms. The van der Waals surface area contributed by atoms with Crippen molar-refractivity contribution in [2.75, 3.05) is 11.8 Å². The van der Waals surface area contributed by atoms with E-state index in [1.807, 2.05) is 18.2 Å². The Morgan fingerprint density at radius 2 is 1.92 bits per heavy atom. The lowest BCUT2D eigenvalue weighted by atomic mass is 10.2. The number of ether oxygens (including phenoxy) is 1. The van der Waals surface area contributed by atoms with Crippen molar-refractivity contribution in [2.45, 2.75) is 6.54 Å². The molecular formula is C14H16ClN5O3S. The lowest BCUT2D eigenvalue weighted by Gasteiger charge is -2.06. The van der Waals surface area contributed by atoms with Gasteiger partial charge in [-0.3, -0.25) is 4.72 Å². The summed E-state index contributed by atoms with van der Waals surface area (Å²) in [6.07, 6.45) is 0. The fourth-order valence-corrected chi connectivity index (χ4v) is 2.68. The molecular weight excluding hydrogens is 354 g/mol. The molecule has 128 valence electrons. The molecule has 0 bridgehead atoms. The van der Waals surface area contributed by atoms with Crippen molar-refractivity contribution < 1.29 is 13.2 Å². The fourth-order valence-electron chi connectivity index (χ4n) is 2.21. The summed E-state index contributed by atoms with van der Waals surface area (Å²) >= 11 is 0. The quantitative estimate of drug-likeness (QED) is 0.708. The number of halogens is 1. The Morgan fingerprint density at radius 3 is 2.54 bits per heavy atom. The number of fused-ring (bicyclic) bond motifs is 1.